The maximum absolute atomic E-state index is 14.2. The Morgan fingerprint density at radius 3 is 2.50 bits per heavy atom. The molecule has 1 aromatic heterocycles. The number of amides is 3. The minimum Gasteiger partial charge on any atom is -0.404 e. The zero-order valence-corrected chi connectivity index (χ0v) is 26.4. The zero-order valence-electron chi connectivity index (χ0n) is 26.4. The van der Waals surface area contributed by atoms with Crippen molar-refractivity contribution in [1.29, 1.82) is 0 Å². The molecule has 2 aromatic carbocycles. The first-order valence-corrected chi connectivity index (χ1v) is 15.4. The number of hydrogen-bond acceptors (Lipinski definition) is 8. The number of benzene rings is 2. The summed E-state index contributed by atoms with van der Waals surface area (Å²) in [5.41, 5.74) is 7.33. The third-order valence-electron chi connectivity index (χ3n) is 8.12. The van der Waals surface area contributed by atoms with Crippen LogP contribution in [0.5, 0.6) is 0 Å². The van der Waals surface area contributed by atoms with Crippen LogP contribution >= 0.6 is 0 Å². The summed E-state index contributed by atoms with van der Waals surface area (Å²) in [7, 11) is 0. The highest BCUT2D eigenvalue weighted by Gasteiger charge is 2.45. The summed E-state index contributed by atoms with van der Waals surface area (Å²) in [5.74, 6) is -3.45. The molecule has 0 bridgehead atoms. The Balaban J connectivity index is 0.00000338. The van der Waals surface area contributed by atoms with Crippen LogP contribution in [0.4, 0.5) is 24.5 Å². The molecule has 2 aliphatic heterocycles. The van der Waals surface area contributed by atoms with E-state index in [2.05, 4.69) is 25.5 Å². The van der Waals surface area contributed by atoms with Gasteiger partial charge in [0.15, 0.2) is 0 Å². The van der Waals surface area contributed by atoms with Gasteiger partial charge in [-0.1, -0.05) is 36.4 Å². The van der Waals surface area contributed by atoms with Crippen molar-refractivity contribution in [3.05, 3.63) is 107 Å². The lowest BCUT2D eigenvalue weighted by molar-refractivity contribution is -0.141. The molecule has 2 saturated heterocycles. The van der Waals surface area contributed by atoms with E-state index < -0.39 is 41.5 Å². The second kappa shape index (κ2) is 14.6. The third kappa shape index (κ3) is 7.44. The molecule has 3 amide bonds. The molecule has 3 aromatic rings. The first-order chi connectivity index (χ1) is 23.0. The number of halogens is 3. The molecule has 0 radical (unpaired) electrons. The van der Waals surface area contributed by atoms with Gasteiger partial charge in [-0.05, 0) is 69.3 Å². The Bertz CT molecular complexity index is 1780. The average Bonchev–Trinajstić information content (AvgIpc) is 3.05. The first kappa shape index (κ1) is 34.0. The molecular formula is C34H39F3N8O3. The highest BCUT2D eigenvalue weighted by atomic mass is 19.4. The fourth-order valence-corrected chi connectivity index (χ4v) is 5.57. The molecule has 3 heterocycles. The molecule has 0 saturated carbocycles. The maximum atomic E-state index is 14.2. The Morgan fingerprint density at radius 2 is 1.88 bits per heavy atom. The third-order valence-corrected chi connectivity index (χ3v) is 8.12. The van der Waals surface area contributed by atoms with E-state index in [0.29, 0.717) is 40.7 Å². The van der Waals surface area contributed by atoms with Gasteiger partial charge in [-0.15, -0.1) is 0 Å². The molecule has 11 nitrogen and oxygen atoms in total. The van der Waals surface area contributed by atoms with Crippen molar-refractivity contribution >= 4 is 34.9 Å². The van der Waals surface area contributed by atoms with Gasteiger partial charge < -0.3 is 16.4 Å². The number of rotatable bonds is 9. The summed E-state index contributed by atoms with van der Waals surface area (Å²) >= 11 is 0. The van der Waals surface area contributed by atoms with Crippen molar-refractivity contribution in [3.8, 4) is 0 Å². The summed E-state index contributed by atoms with van der Waals surface area (Å²) in [6.45, 7) is 6.01. The predicted molar refractivity (Wildman–Crippen MR) is 178 cm³/mol. The number of aliphatic imine (C=N–C) groups is 1. The summed E-state index contributed by atoms with van der Waals surface area (Å²) in [6.07, 6.45) is 0.148. The monoisotopic (exact) mass is 664 g/mol. The van der Waals surface area contributed by atoms with Crippen LogP contribution < -0.4 is 16.4 Å². The number of aromatic nitrogens is 2. The van der Waals surface area contributed by atoms with Crippen LogP contribution in [0.15, 0.2) is 95.3 Å². The van der Waals surface area contributed by atoms with Crippen LogP contribution in [0.3, 0.4) is 0 Å². The van der Waals surface area contributed by atoms with E-state index in [9.17, 15) is 27.6 Å². The predicted octanol–water partition coefficient (Wildman–Crippen LogP) is 4.90. The number of likely N-dealkylation sites (tertiary alicyclic amines) is 2. The lowest BCUT2D eigenvalue weighted by atomic mass is 9.80. The Morgan fingerprint density at radius 1 is 1.12 bits per heavy atom. The highest BCUT2D eigenvalue weighted by molar-refractivity contribution is 6.15. The fourth-order valence-electron chi connectivity index (χ4n) is 5.57. The molecule has 0 unspecified atom stereocenters. The van der Waals surface area contributed by atoms with Gasteiger partial charge in [0.2, 0.25) is 5.82 Å². The van der Waals surface area contributed by atoms with Crippen molar-refractivity contribution in [2.24, 2.45) is 10.7 Å². The van der Waals surface area contributed by atoms with Crippen molar-refractivity contribution < 1.29 is 30.4 Å². The van der Waals surface area contributed by atoms with E-state index in [0.717, 1.165) is 25.7 Å². The lowest BCUT2D eigenvalue weighted by Gasteiger charge is -2.40. The van der Waals surface area contributed by atoms with Gasteiger partial charge in [0.25, 0.3) is 17.7 Å². The van der Waals surface area contributed by atoms with Gasteiger partial charge in [0.05, 0.1) is 5.69 Å². The minimum absolute atomic E-state index is 0. The molecule has 14 heteroatoms. The largest absolute Gasteiger partial charge is 0.433 e. The van der Waals surface area contributed by atoms with Crippen LogP contribution in [0.1, 0.15) is 50.9 Å². The van der Waals surface area contributed by atoms with E-state index >= 15 is 0 Å². The van der Waals surface area contributed by atoms with Crippen molar-refractivity contribution in [1.82, 2.24) is 25.1 Å². The van der Waals surface area contributed by atoms with Gasteiger partial charge in [-0.25, -0.2) is 15.0 Å². The zero-order chi connectivity index (χ0) is 34.4. The SMILES string of the molecule is C/C=C(\CN1CCC1)C(=O)Nc1cccc([C@@H]2/C(=C/N)C(=Nc3ccccc3)N(CC)C(=O)[C@H]2NC(=O)c2nccc(C(F)(F)F)n2)c1.[HH].[HH]. The first-order valence-electron chi connectivity index (χ1n) is 15.4. The lowest BCUT2D eigenvalue weighted by Crippen LogP contribution is -2.59. The van der Waals surface area contributed by atoms with Crippen LogP contribution in [0, 0.1) is 0 Å². The molecule has 2 fully saturated rings. The number of para-hydroxylation sites is 1. The van der Waals surface area contributed by atoms with E-state index in [1.165, 1.54) is 11.1 Å². The Labute approximate surface area is 278 Å². The number of nitrogens with one attached hydrogen (secondary N) is 2. The molecule has 5 rings (SSSR count). The highest BCUT2D eigenvalue weighted by Crippen LogP contribution is 2.37. The number of amidine groups is 1. The smallest absolute Gasteiger partial charge is 0.404 e. The summed E-state index contributed by atoms with van der Waals surface area (Å²) in [5, 5.41) is 5.49. The number of carbonyl (C=O) groups is 3. The summed E-state index contributed by atoms with van der Waals surface area (Å²) in [4.78, 5) is 56.1. The van der Waals surface area contributed by atoms with Gasteiger partial charge in [0.1, 0.15) is 17.6 Å². The summed E-state index contributed by atoms with van der Waals surface area (Å²) in [6, 6.07) is 14.9. The van der Waals surface area contributed by atoms with Gasteiger partial charge in [-0.2, -0.15) is 13.2 Å². The molecule has 0 aliphatic carbocycles. The van der Waals surface area contributed by atoms with Crippen LogP contribution in [-0.2, 0) is 15.8 Å². The summed E-state index contributed by atoms with van der Waals surface area (Å²) < 4.78 is 40.1. The number of alkyl halides is 3. The Hall–Kier alpha value is -5.37. The van der Waals surface area contributed by atoms with E-state index in [-0.39, 0.29) is 21.1 Å². The minimum atomic E-state index is -4.81. The number of carbonyl (C=O) groups excluding carboxylic acids is 3. The number of hydrogen-bond donors (Lipinski definition) is 3. The Kier molecular flexibility index (Phi) is 10.3. The van der Waals surface area contributed by atoms with Crippen molar-refractivity contribution in [2.45, 2.75) is 38.4 Å². The fraction of sp³-hybridized carbons (Fsp3) is 0.294. The second-order valence-electron chi connectivity index (χ2n) is 11.2. The number of likely N-dealkylation sites (N-methyl/N-ethyl adjacent to an activating group) is 1. The molecule has 2 aliphatic rings. The molecule has 254 valence electrons. The molecular weight excluding hydrogens is 625 g/mol. The topological polar surface area (TPSA) is 146 Å². The van der Waals surface area contributed by atoms with Crippen LogP contribution in [-0.4, -0.2) is 75.5 Å². The molecule has 48 heavy (non-hydrogen) atoms. The maximum Gasteiger partial charge on any atom is 0.433 e. The van der Waals surface area contributed by atoms with Gasteiger partial charge in [0, 0.05) is 51.1 Å². The standard InChI is InChI=1S/C34H35F3N8O3.2H2/c1-3-21(20-44-16-9-17-44)31(46)41-24-13-8-10-22(18-24)27-25(19-38)30(40-23-11-6-5-7-12-23)45(4-2)33(48)28(27)43-32(47)29-39-15-14-26(42-29)34(35,36)37;;/h3,5-8,10-15,18-19,27-28H,4,9,16-17,20,38H2,1-2H3,(H,41,46)(H,43,47);2*1H/b21-3+,25-19-,40-30?;;/t27-,28+;;/m1../s1. The van der Waals surface area contributed by atoms with Crippen LogP contribution in [0.2, 0.25) is 0 Å². The van der Waals surface area contributed by atoms with E-state index in [1.54, 1.807) is 68.5 Å². The van der Waals surface area contributed by atoms with Crippen molar-refractivity contribution in [3.63, 3.8) is 0 Å². The molecule has 4 N–H and O–H groups in total. The molecule has 0 spiro atoms. The number of nitrogens with zero attached hydrogens (tertiary/aromatic N) is 5. The van der Waals surface area contributed by atoms with Gasteiger partial charge in [-0.3, -0.25) is 24.2 Å². The van der Waals surface area contributed by atoms with E-state index in [1.807, 2.05) is 6.07 Å². The normalized spacial score (nSPS) is 20.5. The molecule has 2 atom stereocenters. The van der Waals surface area contributed by atoms with E-state index in [4.69, 9.17) is 10.7 Å². The van der Waals surface area contributed by atoms with Crippen LogP contribution in [0.25, 0.3) is 0 Å². The quantitative estimate of drug-likeness (QED) is 0.276. The number of nitrogens with two attached hydrogens (primary N) is 1. The number of piperidine rings is 1. The second-order valence-corrected chi connectivity index (χ2v) is 11.2. The van der Waals surface area contributed by atoms with Gasteiger partial charge >= 0.3 is 6.18 Å². The average molecular weight is 665 g/mol. The number of anilines is 1. The number of allylic oxidation sites excluding steroid dienone is 1. The van der Waals surface area contributed by atoms with Crippen molar-refractivity contribution in [2.75, 3.05) is 31.5 Å².